The zero-order valence-electron chi connectivity index (χ0n) is 15.3. The highest BCUT2D eigenvalue weighted by molar-refractivity contribution is 6.05. The number of benzene rings is 1. The molecule has 0 unspecified atom stereocenters. The van der Waals surface area contributed by atoms with Gasteiger partial charge in [-0.15, -0.1) is 0 Å². The van der Waals surface area contributed by atoms with Crippen LogP contribution < -0.4 is 5.32 Å². The number of fused-ring (bicyclic) bond motifs is 1. The van der Waals surface area contributed by atoms with Gasteiger partial charge in [0.15, 0.2) is 0 Å². The van der Waals surface area contributed by atoms with E-state index in [4.69, 9.17) is 10.5 Å². The molecule has 0 bridgehead atoms. The maximum atomic E-state index is 12.6. The Bertz CT molecular complexity index is 1340. The maximum Gasteiger partial charge on any atom is 0.274 e. The van der Waals surface area contributed by atoms with Gasteiger partial charge in [0.05, 0.1) is 11.1 Å². The molecule has 8 heteroatoms. The second-order valence-corrected chi connectivity index (χ2v) is 6.33. The Hall–Kier alpha value is -4.56. The molecule has 4 rings (SSSR count). The van der Waals surface area contributed by atoms with Gasteiger partial charge in [0.25, 0.3) is 5.91 Å². The van der Waals surface area contributed by atoms with E-state index in [0.29, 0.717) is 28.2 Å². The van der Waals surface area contributed by atoms with Crippen LogP contribution in [0.25, 0.3) is 22.2 Å². The van der Waals surface area contributed by atoms with Crippen LogP contribution in [0, 0.1) is 29.6 Å². The van der Waals surface area contributed by atoms with Crippen LogP contribution in [0.4, 0.5) is 5.69 Å². The van der Waals surface area contributed by atoms with Crippen LogP contribution in [0.3, 0.4) is 0 Å². The number of nitrogens with one attached hydrogen (secondary N) is 2. The van der Waals surface area contributed by atoms with Crippen molar-refractivity contribution in [2.24, 2.45) is 0 Å². The standard InChI is InChI=1S/C21H13N7O/c1-12-6-13(9-22)11-25-19(12)21(29)26-15-2-3-18-17(8-15)20(28-27-18)14-4-5-24-16(7-14)10-23/h2-8,11H,1H3,(H,26,29)(H,27,28). The monoisotopic (exact) mass is 379 g/mol. The van der Waals surface area contributed by atoms with Crippen molar-refractivity contribution in [2.45, 2.75) is 6.92 Å². The van der Waals surface area contributed by atoms with Gasteiger partial charge < -0.3 is 5.32 Å². The van der Waals surface area contributed by atoms with Crippen molar-refractivity contribution in [1.29, 1.82) is 10.5 Å². The molecule has 0 aliphatic heterocycles. The van der Waals surface area contributed by atoms with Gasteiger partial charge in [-0.3, -0.25) is 9.89 Å². The van der Waals surface area contributed by atoms with Crippen molar-refractivity contribution in [3.63, 3.8) is 0 Å². The van der Waals surface area contributed by atoms with Crippen LogP contribution in [0.15, 0.2) is 48.8 Å². The summed E-state index contributed by atoms with van der Waals surface area (Å²) in [5, 5.41) is 28.9. The number of aromatic nitrogens is 4. The zero-order valence-corrected chi connectivity index (χ0v) is 15.3. The Labute approximate surface area is 165 Å². The molecule has 2 N–H and O–H groups in total. The third-order valence-corrected chi connectivity index (χ3v) is 4.39. The SMILES string of the molecule is Cc1cc(C#N)cnc1C(=O)Nc1ccc2[nH]nc(-c3ccnc(C#N)c3)c2c1. The van der Waals surface area contributed by atoms with Crippen molar-refractivity contribution < 1.29 is 4.79 Å². The van der Waals surface area contributed by atoms with Gasteiger partial charge in [0.1, 0.15) is 29.2 Å². The first-order valence-corrected chi connectivity index (χ1v) is 8.62. The van der Waals surface area contributed by atoms with E-state index in [2.05, 4.69) is 25.5 Å². The molecule has 138 valence electrons. The molecule has 0 atom stereocenters. The number of hydrogen-bond acceptors (Lipinski definition) is 6. The van der Waals surface area contributed by atoms with Crippen molar-refractivity contribution in [2.75, 3.05) is 5.32 Å². The van der Waals surface area contributed by atoms with E-state index in [0.717, 1.165) is 16.5 Å². The molecule has 3 aromatic heterocycles. The Morgan fingerprint density at radius 1 is 1.10 bits per heavy atom. The number of H-pyrrole nitrogens is 1. The molecule has 0 radical (unpaired) electrons. The largest absolute Gasteiger partial charge is 0.321 e. The number of nitriles is 2. The summed E-state index contributed by atoms with van der Waals surface area (Å²) in [4.78, 5) is 20.7. The van der Waals surface area contributed by atoms with E-state index in [1.54, 1.807) is 43.5 Å². The number of amides is 1. The van der Waals surface area contributed by atoms with Crippen LogP contribution >= 0.6 is 0 Å². The first-order chi connectivity index (χ1) is 14.1. The van der Waals surface area contributed by atoms with Gasteiger partial charge in [-0.05, 0) is 48.9 Å². The summed E-state index contributed by atoms with van der Waals surface area (Å²) in [6.07, 6.45) is 2.93. The van der Waals surface area contributed by atoms with E-state index in [-0.39, 0.29) is 11.6 Å². The molecule has 0 saturated heterocycles. The van der Waals surface area contributed by atoms with Crippen molar-refractivity contribution in [3.8, 4) is 23.4 Å². The lowest BCUT2D eigenvalue weighted by atomic mass is 10.1. The molecular formula is C21H13N7O. The Balaban J connectivity index is 1.68. The second kappa shape index (κ2) is 7.22. The van der Waals surface area contributed by atoms with Gasteiger partial charge in [0, 0.05) is 29.0 Å². The van der Waals surface area contributed by atoms with E-state index in [9.17, 15) is 4.79 Å². The Kier molecular flexibility index (Phi) is 4.44. The maximum absolute atomic E-state index is 12.6. The lowest BCUT2D eigenvalue weighted by Crippen LogP contribution is -2.15. The molecule has 1 aromatic carbocycles. The Morgan fingerprint density at radius 3 is 2.72 bits per heavy atom. The summed E-state index contributed by atoms with van der Waals surface area (Å²) in [6, 6.07) is 14.4. The quantitative estimate of drug-likeness (QED) is 0.561. The smallest absolute Gasteiger partial charge is 0.274 e. The number of pyridine rings is 2. The first-order valence-electron chi connectivity index (χ1n) is 8.62. The van der Waals surface area contributed by atoms with Gasteiger partial charge in [-0.25, -0.2) is 9.97 Å². The molecule has 29 heavy (non-hydrogen) atoms. The topological polar surface area (TPSA) is 131 Å². The molecule has 4 aromatic rings. The summed E-state index contributed by atoms with van der Waals surface area (Å²) in [7, 11) is 0. The highest BCUT2D eigenvalue weighted by atomic mass is 16.1. The fourth-order valence-electron chi connectivity index (χ4n) is 3.01. The first kappa shape index (κ1) is 17.8. The summed E-state index contributed by atoms with van der Waals surface area (Å²) < 4.78 is 0. The predicted molar refractivity (Wildman–Crippen MR) is 106 cm³/mol. The van der Waals surface area contributed by atoms with Gasteiger partial charge >= 0.3 is 0 Å². The number of hydrogen-bond donors (Lipinski definition) is 2. The zero-order chi connectivity index (χ0) is 20.4. The van der Waals surface area contributed by atoms with Crippen molar-refractivity contribution in [3.05, 3.63) is 71.3 Å². The molecule has 1 amide bonds. The average molecular weight is 379 g/mol. The van der Waals surface area contributed by atoms with Crippen LogP contribution in [-0.4, -0.2) is 26.1 Å². The number of carbonyl (C=O) groups is 1. The van der Waals surface area contributed by atoms with E-state index < -0.39 is 0 Å². The summed E-state index contributed by atoms with van der Waals surface area (Å²) >= 11 is 0. The number of nitrogens with zero attached hydrogens (tertiary/aromatic N) is 5. The molecule has 3 heterocycles. The van der Waals surface area contributed by atoms with Crippen LogP contribution in [0.2, 0.25) is 0 Å². The molecule has 0 aliphatic carbocycles. The number of aryl methyl sites for hydroxylation is 1. The van der Waals surface area contributed by atoms with Crippen LogP contribution in [0.1, 0.15) is 27.3 Å². The molecule has 0 aliphatic rings. The highest BCUT2D eigenvalue weighted by Gasteiger charge is 2.14. The molecule has 0 fully saturated rings. The minimum atomic E-state index is -0.368. The lowest BCUT2D eigenvalue weighted by Gasteiger charge is -2.07. The predicted octanol–water partition coefficient (Wildman–Crippen LogP) is 3.32. The van der Waals surface area contributed by atoms with E-state index in [1.807, 2.05) is 18.2 Å². The molecular weight excluding hydrogens is 366 g/mol. The van der Waals surface area contributed by atoms with E-state index in [1.165, 1.54) is 6.20 Å². The number of carbonyl (C=O) groups excluding carboxylic acids is 1. The molecule has 8 nitrogen and oxygen atoms in total. The Morgan fingerprint density at radius 2 is 1.97 bits per heavy atom. The summed E-state index contributed by atoms with van der Waals surface area (Å²) in [5.74, 6) is -0.368. The minimum Gasteiger partial charge on any atom is -0.321 e. The third-order valence-electron chi connectivity index (χ3n) is 4.39. The van der Waals surface area contributed by atoms with Gasteiger partial charge in [-0.1, -0.05) is 0 Å². The van der Waals surface area contributed by atoms with Crippen LogP contribution in [0.5, 0.6) is 0 Å². The molecule has 0 spiro atoms. The summed E-state index contributed by atoms with van der Waals surface area (Å²) in [5.41, 5.74) is 4.34. The highest BCUT2D eigenvalue weighted by Crippen LogP contribution is 2.28. The number of rotatable bonds is 3. The third kappa shape index (κ3) is 3.38. The molecule has 0 saturated carbocycles. The van der Waals surface area contributed by atoms with Gasteiger partial charge in [-0.2, -0.15) is 15.6 Å². The number of anilines is 1. The average Bonchev–Trinajstić information content (AvgIpc) is 3.16. The number of aromatic amines is 1. The lowest BCUT2D eigenvalue weighted by molar-refractivity contribution is 0.102. The minimum absolute atomic E-state index is 0.254. The second-order valence-electron chi connectivity index (χ2n) is 6.33. The van der Waals surface area contributed by atoms with Crippen molar-refractivity contribution >= 4 is 22.5 Å². The van der Waals surface area contributed by atoms with Crippen LogP contribution in [-0.2, 0) is 0 Å². The normalized spacial score (nSPS) is 10.3. The fraction of sp³-hybridized carbons (Fsp3) is 0.0476. The van der Waals surface area contributed by atoms with Gasteiger partial charge in [0.2, 0.25) is 0 Å². The summed E-state index contributed by atoms with van der Waals surface area (Å²) in [6.45, 7) is 1.73. The van der Waals surface area contributed by atoms with Crippen molar-refractivity contribution in [1.82, 2.24) is 20.2 Å². The fourth-order valence-corrected chi connectivity index (χ4v) is 3.01. The van der Waals surface area contributed by atoms with E-state index >= 15 is 0 Å².